The Balaban J connectivity index is 1.63. The van der Waals surface area contributed by atoms with E-state index < -0.39 is 0 Å². The van der Waals surface area contributed by atoms with Crippen LogP contribution in [0.2, 0.25) is 0 Å². The van der Waals surface area contributed by atoms with Crippen LogP contribution in [0, 0.1) is 6.92 Å². The lowest BCUT2D eigenvalue weighted by Gasteiger charge is -2.41. The number of imidazole rings is 1. The third-order valence-electron chi connectivity index (χ3n) is 4.77. The van der Waals surface area contributed by atoms with Gasteiger partial charge < -0.3 is 14.4 Å². The molecule has 1 aromatic heterocycles. The molecule has 1 atom stereocenters. The summed E-state index contributed by atoms with van der Waals surface area (Å²) in [7, 11) is 0. The molecular formula is C19H26N4O. The molecule has 0 aliphatic carbocycles. The van der Waals surface area contributed by atoms with Crippen molar-refractivity contribution in [2.75, 3.05) is 24.5 Å². The predicted octanol–water partition coefficient (Wildman–Crippen LogP) is 2.49. The maximum atomic E-state index is 12.7. The first kappa shape index (κ1) is 16.6. The van der Waals surface area contributed by atoms with E-state index in [2.05, 4.69) is 54.9 Å². The number of benzene rings is 1. The molecule has 0 N–H and O–H groups in total. The number of hydrogen-bond acceptors (Lipinski definition) is 3. The summed E-state index contributed by atoms with van der Waals surface area (Å²) in [5, 5.41) is 0. The van der Waals surface area contributed by atoms with Gasteiger partial charge in [-0.3, -0.25) is 4.79 Å². The molecule has 1 aliphatic heterocycles. The summed E-state index contributed by atoms with van der Waals surface area (Å²) in [5.74, 6) is 1.15. The quantitative estimate of drug-likeness (QED) is 0.867. The van der Waals surface area contributed by atoms with Crippen LogP contribution in [-0.4, -0.2) is 46.0 Å². The Kier molecular flexibility index (Phi) is 4.88. The topological polar surface area (TPSA) is 41.4 Å². The van der Waals surface area contributed by atoms with Gasteiger partial charge in [-0.2, -0.15) is 0 Å². The molecule has 2 aromatic rings. The van der Waals surface area contributed by atoms with Gasteiger partial charge in [-0.15, -0.1) is 0 Å². The Labute approximate surface area is 143 Å². The first-order chi connectivity index (χ1) is 11.6. The summed E-state index contributed by atoms with van der Waals surface area (Å²) in [6, 6.07) is 8.82. The lowest BCUT2D eigenvalue weighted by Crippen LogP contribution is -2.54. The van der Waals surface area contributed by atoms with Gasteiger partial charge >= 0.3 is 0 Å². The number of carbonyl (C=O) groups is 1. The molecule has 1 fully saturated rings. The van der Waals surface area contributed by atoms with Crippen molar-refractivity contribution >= 4 is 11.6 Å². The van der Waals surface area contributed by atoms with Crippen LogP contribution in [0.15, 0.2) is 36.7 Å². The predicted molar refractivity (Wildman–Crippen MR) is 96.2 cm³/mol. The summed E-state index contributed by atoms with van der Waals surface area (Å²) >= 11 is 0. The zero-order chi connectivity index (χ0) is 17.1. The summed E-state index contributed by atoms with van der Waals surface area (Å²) in [6.07, 6.45) is 4.51. The fourth-order valence-corrected chi connectivity index (χ4v) is 3.35. The molecule has 1 aliphatic rings. The minimum Gasteiger partial charge on any atom is -0.368 e. The van der Waals surface area contributed by atoms with Gasteiger partial charge in [-0.05, 0) is 26.0 Å². The minimum atomic E-state index is 0.179. The zero-order valence-electron chi connectivity index (χ0n) is 14.8. The smallest absolute Gasteiger partial charge is 0.242 e. The monoisotopic (exact) mass is 326 g/mol. The number of anilines is 1. The largest absolute Gasteiger partial charge is 0.368 e. The van der Waals surface area contributed by atoms with Crippen LogP contribution in [0.25, 0.3) is 0 Å². The van der Waals surface area contributed by atoms with E-state index in [1.807, 2.05) is 15.7 Å². The van der Waals surface area contributed by atoms with Crippen LogP contribution in [0.1, 0.15) is 25.2 Å². The second kappa shape index (κ2) is 7.07. The molecule has 1 saturated heterocycles. The molecule has 0 spiro atoms. The average molecular weight is 326 g/mol. The molecule has 3 rings (SSSR count). The first-order valence-corrected chi connectivity index (χ1v) is 8.69. The number of carbonyl (C=O) groups excluding carboxylic acids is 1. The van der Waals surface area contributed by atoms with E-state index in [0.29, 0.717) is 6.54 Å². The van der Waals surface area contributed by atoms with Crippen LogP contribution < -0.4 is 4.90 Å². The van der Waals surface area contributed by atoms with Crippen molar-refractivity contribution in [2.24, 2.45) is 0 Å². The van der Waals surface area contributed by atoms with Gasteiger partial charge in [0.15, 0.2) is 0 Å². The Morgan fingerprint density at radius 2 is 2.00 bits per heavy atom. The molecule has 24 heavy (non-hydrogen) atoms. The van der Waals surface area contributed by atoms with Gasteiger partial charge in [0.2, 0.25) is 5.91 Å². The number of aromatic nitrogens is 2. The third-order valence-corrected chi connectivity index (χ3v) is 4.77. The van der Waals surface area contributed by atoms with E-state index in [1.165, 1.54) is 11.3 Å². The Hall–Kier alpha value is -2.30. The summed E-state index contributed by atoms with van der Waals surface area (Å²) in [4.78, 5) is 21.4. The van der Waals surface area contributed by atoms with Crippen LogP contribution in [0.4, 0.5) is 5.69 Å². The number of rotatable bonds is 4. The van der Waals surface area contributed by atoms with E-state index in [4.69, 9.17) is 0 Å². The number of aryl methyl sites for hydroxylation is 2. The fourth-order valence-electron chi connectivity index (χ4n) is 3.35. The molecule has 5 nitrogen and oxygen atoms in total. The molecule has 2 heterocycles. The van der Waals surface area contributed by atoms with Crippen molar-refractivity contribution in [1.82, 2.24) is 14.5 Å². The maximum absolute atomic E-state index is 12.7. The average Bonchev–Trinajstić information content (AvgIpc) is 3.02. The lowest BCUT2D eigenvalue weighted by molar-refractivity contribution is -0.134. The molecule has 1 unspecified atom stereocenters. The van der Waals surface area contributed by atoms with Crippen molar-refractivity contribution in [3.05, 3.63) is 48.0 Å². The van der Waals surface area contributed by atoms with Gasteiger partial charge in [-0.1, -0.05) is 24.6 Å². The zero-order valence-corrected chi connectivity index (χ0v) is 14.8. The second-order valence-electron chi connectivity index (χ2n) is 6.54. The second-order valence-corrected chi connectivity index (χ2v) is 6.54. The molecule has 0 saturated carbocycles. The van der Waals surface area contributed by atoms with Crippen LogP contribution >= 0.6 is 0 Å². The molecule has 5 heteroatoms. The lowest BCUT2D eigenvalue weighted by atomic mass is 10.1. The molecule has 1 amide bonds. The van der Waals surface area contributed by atoms with Crippen LogP contribution in [-0.2, 0) is 17.8 Å². The van der Waals surface area contributed by atoms with E-state index in [1.54, 1.807) is 6.20 Å². The highest BCUT2D eigenvalue weighted by atomic mass is 16.2. The number of piperazine rings is 1. The number of hydrogen-bond donors (Lipinski definition) is 0. The Bertz CT molecular complexity index is 692. The summed E-state index contributed by atoms with van der Waals surface area (Å²) in [6.45, 7) is 9.20. The van der Waals surface area contributed by atoms with Gasteiger partial charge in [0.05, 0.1) is 0 Å². The van der Waals surface area contributed by atoms with Crippen molar-refractivity contribution in [1.29, 1.82) is 0 Å². The molecule has 0 bridgehead atoms. The molecule has 128 valence electrons. The van der Waals surface area contributed by atoms with E-state index in [-0.39, 0.29) is 11.9 Å². The van der Waals surface area contributed by atoms with E-state index >= 15 is 0 Å². The van der Waals surface area contributed by atoms with Gasteiger partial charge in [0.1, 0.15) is 12.4 Å². The van der Waals surface area contributed by atoms with Crippen molar-refractivity contribution < 1.29 is 4.79 Å². The standard InChI is InChI=1S/C19H26N4O/c1-4-18-20-9-10-22(18)14-19(24)23-12-11-21(13-16(23)3)17-7-5-15(2)6-8-17/h5-10,16H,4,11-14H2,1-3H3. The fraction of sp³-hybridized carbons (Fsp3) is 0.474. The van der Waals surface area contributed by atoms with Gasteiger partial charge in [0, 0.05) is 50.2 Å². The summed E-state index contributed by atoms with van der Waals surface area (Å²) in [5.41, 5.74) is 2.51. The normalized spacial score (nSPS) is 18.0. The highest BCUT2D eigenvalue weighted by molar-refractivity contribution is 5.77. The Morgan fingerprint density at radius 1 is 1.25 bits per heavy atom. The van der Waals surface area contributed by atoms with Crippen molar-refractivity contribution in [2.45, 2.75) is 39.8 Å². The Morgan fingerprint density at radius 3 is 2.67 bits per heavy atom. The van der Waals surface area contributed by atoms with Crippen LogP contribution in [0.5, 0.6) is 0 Å². The van der Waals surface area contributed by atoms with E-state index in [0.717, 1.165) is 31.9 Å². The highest BCUT2D eigenvalue weighted by Gasteiger charge is 2.27. The first-order valence-electron chi connectivity index (χ1n) is 8.69. The van der Waals surface area contributed by atoms with E-state index in [9.17, 15) is 4.79 Å². The minimum absolute atomic E-state index is 0.179. The number of amides is 1. The maximum Gasteiger partial charge on any atom is 0.242 e. The van der Waals surface area contributed by atoms with Gasteiger partial charge in [-0.25, -0.2) is 4.98 Å². The molecular weight excluding hydrogens is 300 g/mol. The molecule has 1 aromatic carbocycles. The highest BCUT2D eigenvalue weighted by Crippen LogP contribution is 2.20. The van der Waals surface area contributed by atoms with Gasteiger partial charge in [0.25, 0.3) is 0 Å². The van der Waals surface area contributed by atoms with Crippen molar-refractivity contribution in [3.8, 4) is 0 Å². The van der Waals surface area contributed by atoms with Crippen LogP contribution in [0.3, 0.4) is 0 Å². The SMILES string of the molecule is CCc1nccn1CC(=O)N1CCN(c2ccc(C)cc2)CC1C. The third kappa shape index (κ3) is 3.45. The van der Waals surface area contributed by atoms with Crippen molar-refractivity contribution in [3.63, 3.8) is 0 Å². The number of nitrogens with zero attached hydrogens (tertiary/aromatic N) is 4. The molecule has 0 radical (unpaired) electrons. The summed E-state index contributed by atoms with van der Waals surface area (Å²) < 4.78 is 1.96.